The highest BCUT2D eigenvalue weighted by atomic mass is 16.2. The molecule has 0 saturated heterocycles. The molecular formula is C14H29N3O2. The lowest BCUT2D eigenvalue weighted by molar-refractivity contribution is -0.135. The maximum absolute atomic E-state index is 12.0. The van der Waals surface area contributed by atoms with Crippen molar-refractivity contribution in [3.8, 4) is 0 Å². The van der Waals surface area contributed by atoms with Crippen molar-refractivity contribution in [2.24, 2.45) is 11.7 Å². The standard InChI is InChI=1S/C14H29N3O2/c1-5-17(6-2)14(19)12(4)16-13(18)8-7-11(3)9-10-15/h11-12H,5-10,15H2,1-4H3,(H,16,18). The van der Waals surface area contributed by atoms with Crippen molar-refractivity contribution in [1.82, 2.24) is 10.2 Å². The summed E-state index contributed by atoms with van der Waals surface area (Å²) in [6, 6.07) is -0.447. The van der Waals surface area contributed by atoms with Crippen LogP contribution in [0.5, 0.6) is 0 Å². The van der Waals surface area contributed by atoms with Gasteiger partial charge in [0.25, 0.3) is 0 Å². The molecule has 0 rings (SSSR count). The van der Waals surface area contributed by atoms with Crippen LogP contribution in [0.25, 0.3) is 0 Å². The summed E-state index contributed by atoms with van der Waals surface area (Å²) in [4.78, 5) is 25.5. The van der Waals surface area contributed by atoms with Crippen LogP contribution in [0.15, 0.2) is 0 Å². The molecule has 0 aromatic heterocycles. The summed E-state index contributed by atoms with van der Waals surface area (Å²) in [5.41, 5.74) is 5.47. The molecule has 0 aromatic rings. The van der Waals surface area contributed by atoms with Gasteiger partial charge in [0.1, 0.15) is 6.04 Å². The fourth-order valence-electron chi connectivity index (χ4n) is 1.99. The van der Waals surface area contributed by atoms with Crippen LogP contribution >= 0.6 is 0 Å². The molecule has 0 fully saturated rings. The van der Waals surface area contributed by atoms with E-state index in [4.69, 9.17) is 5.73 Å². The quantitative estimate of drug-likeness (QED) is 0.660. The lowest BCUT2D eigenvalue weighted by atomic mass is 10.0. The molecule has 5 nitrogen and oxygen atoms in total. The van der Waals surface area contributed by atoms with Crippen molar-refractivity contribution in [1.29, 1.82) is 0 Å². The van der Waals surface area contributed by atoms with Crippen LogP contribution in [0.2, 0.25) is 0 Å². The van der Waals surface area contributed by atoms with Crippen LogP contribution in [-0.4, -0.2) is 42.4 Å². The van der Waals surface area contributed by atoms with Gasteiger partial charge in [0, 0.05) is 19.5 Å². The molecule has 0 aliphatic heterocycles. The molecule has 2 amide bonds. The Morgan fingerprint density at radius 1 is 1.16 bits per heavy atom. The maximum Gasteiger partial charge on any atom is 0.244 e. The van der Waals surface area contributed by atoms with Gasteiger partial charge in [-0.05, 0) is 46.1 Å². The minimum absolute atomic E-state index is 0.0200. The van der Waals surface area contributed by atoms with Crippen molar-refractivity contribution in [3.05, 3.63) is 0 Å². The molecule has 0 aliphatic rings. The molecule has 0 radical (unpaired) electrons. The second-order valence-electron chi connectivity index (χ2n) is 5.02. The molecule has 3 N–H and O–H groups in total. The SMILES string of the molecule is CCN(CC)C(=O)C(C)NC(=O)CCC(C)CCN. The fraction of sp³-hybridized carbons (Fsp3) is 0.857. The van der Waals surface area contributed by atoms with Crippen molar-refractivity contribution in [2.45, 2.75) is 53.0 Å². The molecule has 2 atom stereocenters. The predicted octanol–water partition coefficient (Wildman–Crippen LogP) is 1.12. The minimum atomic E-state index is -0.447. The topological polar surface area (TPSA) is 75.4 Å². The second-order valence-corrected chi connectivity index (χ2v) is 5.02. The van der Waals surface area contributed by atoms with E-state index in [-0.39, 0.29) is 11.8 Å². The molecule has 19 heavy (non-hydrogen) atoms. The van der Waals surface area contributed by atoms with Gasteiger partial charge in [0.15, 0.2) is 0 Å². The zero-order valence-electron chi connectivity index (χ0n) is 12.7. The Labute approximate surface area is 116 Å². The van der Waals surface area contributed by atoms with Crippen molar-refractivity contribution < 1.29 is 9.59 Å². The zero-order valence-corrected chi connectivity index (χ0v) is 12.7. The number of rotatable bonds is 9. The van der Waals surface area contributed by atoms with E-state index >= 15 is 0 Å². The summed E-state index contributed by atoms with van der Waals surface area (Å²) in [5.74, 6) is 0.370. The number of carbonyl (C=O) groups excluding carboxylic acids is 2. The van der Waals surface area contributed by atoms with E-state index < -0.39 is 6.04 Å². The van der Waals surface area contributed by atoms with Gasteiger partial charge in [-0.2, -0.15) is 0 Å². The first-order valence-corrected chi connectivity index (χ1v) is 7.24. The monoisotopic (exact) mass is 271 g/mol. The van der Waals surface area contributed by atoms with E-state index in [1.54, 1.807) is 11.8 Å². The van der Waals surface area contributed by atoms with E-state index in [0.717, 1.165) is 12.8 Å². The number of hydrogen-bond donors (Lipinski definition) is 2. The zero-order chi connectivity index (χ0) is 14.8. The second kappa shape index (κ2) is 9.78. The van der Waals surface area contributed by atoms with Crippen LogP contribution in [0, 0.1) is 5.92 Å². The average molecular weight is 271 g/mol. The summed E-state index contributed by atoms with van der Waals surface area (Å²) in [5, 5.41) is 2.76. The number of nitrogens with one attached hydrogen (secondary N) is 1. The fourth-order valence-corrected chi connectivity index (χ4v) is 1.99. The number of hydrogen-bond acceptors (Lipinski definition) is 3. The third-order valence-corrected chi connectivity index (χ3v) is 3.35. The van der Waals surface area contributed by atoms with Gasteiger partial charge in [0.05, 0.1) is 0 Å². The molecule has 112 valence electrons. The Morgan fingerprint density at radius 2 is 1.74 bits per heavy atom. The molecule has 5 heteroatoms. The molecule has 0 saturated carbocycles. The van der Waals surface area contributed by atoms with E-state index in [9.17, 15) is 9.59 Å². The number of amides is 2. The Kier molecular flexibility index (Phi) is 9.21. The van der Waals surface area contributed by atoms with Crippen molar-refractivity contribution >= 4 is 11.8 Å². The van der Waals surface area contributed by atoms with Crippen LogP contribution in [0.4, 0.5) is 0 Å². The predicted molar refractivity (Wildman–Crippen MR) is 77.6 cm³/mol. The first-order chi connectivity index (χ1) is 8.96. The lowest BCUT2D eigenvalue weighted by Crippen LogP contribution is -2.46. The van der Waals surface area contributed by atoms with E-state index in [2.05, 4.69) is 12.2 Å². The summed E-state index contributed by atoms with van der Waals surface area (Å²) in [7, 11) is 0. The largest absolute Gasteiger partial charge is 0.345 e. The number of carbonyl (C=O) groups is 2. The van der Waals surface area contributed by atoms with Crippen LogP contribution in [-0.2, 0) is 9.59 Å². The van der Waals surface area contributed by atoms with Crippen molar-refractivity contribution in [3.63, 3.8) is 0 Å². The number of nitrogens with two attached hydrogens (primary N) is 1. The van der Waals surface area contributed by atoms with Crippen LogP contribution in [0.1, 0.15) is 47.0 Å². The van der Waals surface area contributed by atoms with Gasteiger partial charge in [-0.1, -0.05) is 6.92 Å². The van der Waals surface area contributed by atoms with Crippen molar-refractivity contribution in [2.75, 3.05) is 19.6 Å². The Hall–Kier alpha value is -1.10. The van der Waals surface area contributed by atoms with Crippen LogP contribution < -0.4 is 11.1 Å². The molecule has 0 heterocycles. The highest BCUT2D eigenvalue weighted by molar-refractivity contribution is 5.87. The Bertz CT molecular complexity index is 278. The van der Waals surface area contributed by atoms with Gasteiger partial charge in [-0.15, -0.1) is 0 Å². The third kappa shape index (κ3) is 7.15. The van der Waals surface area contributed by atoms with Gasteiger partial charge in [-0.25, -0.2) is 0 Å². The summed E-state index contributed by atoms with van der Waals surface area (Å²) in [6.45, 7) is 9.69. The van der Waals surface area contributed by atoms with E-state index in [1.807, 2.05) is 13.8 Å². The van der Waals surface area contributed by atoms with Gasteiger partial charge in [-0.3, -0.25) is 9.59 Å². The third-order valence-electron chi connectivity index (χ3n) is 3.35. The van der Waals surface area contributed by atoms with Gasteiger partial charge < -0.3 is 16.0 Å². The highest BCUT2D eigenvalue weighted by Gasteiger charge is 2.19. The Morgan fingerprint density at radius 3 is 2.21 bits per heavy atom. The number of likely N-dealkylation sites (N-methyl/N-ethyl adjacent to an activating group) is 1. The first-order valence-electron chi connectivity index (χ1n) is 7.24. The van der Waals surface area contributed by atoms with Gasteiger partial charge in [0.2, 0.25) is 11.8 Å². The minimum Gasteiger partial charge on any atom is -0.345 e. The average Bonchev–Trinajstić information content (AvgIpc) is 2.38. The summed E-state index contributed by atoms with van der Waals surface area (Å²) >= 11 is 0. The smallest absolute Gasteiger partial charge is 0.244 e. The first kappa shape index (κ1) is 17.9. The molecule has 0 spiro atoms. The molecule has 0 bridgehead atoms. The molecular weight excluding hydrogens is 242 g/mol. The molecule has 0 aliphatic carbocycles. The molecule has 0 aromatic carbocycles. The van der Waals surface area contributed by atoms with Gasteiger partial charge >= 0.3 is 0 Å². The van der Waals surface area contributed by atoms with E-state index in [1.165, 1.54) is 0 Å². The summed E-state index contributed by atoms with van der Waals surface area (Å²) in [6.07, 6.45) is 2.20. The maximum atomic E-state index is 12.0. The van der Waals surface area contributed by atoms with Crippen LogP contribution in [0.3, 0.4) is 0 Å². The molecule has 2 unspecified atom stereocenters. The number of nitrogens with zero attached hydrogens (tertiary/aromatic N) is 1. The Balaban J connectivity index is 4.08. The van der Waals surface area contributed by atoms with E-state index in [0.29, 0.717) is 32.0 Å². The summed E-state index contributed by atoms with van der Waals surface area (Å²) < 4.78 is 0. The normalized spacial score (nSPS) is 13.7. The highest BCUT2D eigenvalue weighted by Crippen LogP contribution is 2.09. The lowest BCUT2D eigenvalue weighted by Gasteiger charge is -2.23.